The molecule has 0 unspecified atom stereocenters. The lowest BCUT2D eigenvalue weighted by Crippen LogP contribution is -2.27. The van der Waals surface area contributed by atoms with E-state index in [0.29, 0.717) is 5.92 Å². The first kappa shape index (κ1) is 10.9. The summed E-state index contributed by atoms with van der Waals surface area (Å²) in [5.74, 6) is 1.43. The van der Waals surface area contributed by atoms with E-state index in [1.54, 1.807) is 7.11 Å². The van der Waals surface area contributed by atoms with Crippen molar-refractivity contribution in [2.75, 3.05) is 20.2 Å². The van der Waals surface area contributed by atoms with E-state index in [0.717, 1.165) is 41.8 Å². The van der Waals surface area contributed by atoms with E-state index in [4.69, 9.17) is 4.74 Å². The van der Waals surface area contributed by atoms with Crippen molar-refractivity contribution in [3.8, 4) is 5.75 Å². The van der Waals surface area contributed by atoms with Crippen LogP contribution >= 0.6 is 15.9 Å². The molecule has 1 aliphatic heterocycles. The first-order valence-electron chi connectivity index (χ1n) is 5.22. The second-order valence-electron chi connectivity index (χ2n) is 3.74. The Kier molecular flexibility index (Phi) is 3.59. The van der Waals surface area contributed by atoms with Crippen LogP contribution in [0.1, 0.15) is 24.5 Å². The number of nitrogens with zero attached hydrogens (tertiary/aromatic N) is 1. The Labute approximate surface area is 98.4 Å². The molecule has 0 saturated carbocycles. The van der Waals surface area contributed by atoms with E-state index in [2.05, 4.69) is 26.2 Å². The Hall–Kier alpha value is -0.610. The van der Waals surface area contributed by atoms with E-state index in [1.165, 1.54) is 0 Å². The Morgan fingerprint density at radius 2 is 2.20 bits per heavy atom. The molecular formula is C11H15BrN2O. The Balaban J connectivity index is 2.26. The Bertz CT molecular complexity index is 337. The van der Waals surface area contributed by atoms with Gasteiger partial charge < -0.3 is 10.1 Å². The maximum Gasteiger partial charge on any atom is 0.136 e. The topological polar surface area (TPSA) is 34.1 Å². The molecule has 2 heterocycles. The molecule has 1 aromatic rings. The average molecular weight is 271 g/mol. The van der Waals surface area contributed by atoms with Crippen LogP contribution in [-0.2, 0) is 0 Å². The summed E-state index contributed by atoms with van der Waals surface area (Å²) in [6.45, 7) is 2.16. The largest absolute Gasteiger partial charge is 0.495 e. The van der Waals surface area contributed by atoms with Gasteiger partial charge in [-0.1, -0.05) is 0 Å². The zero-order valence-electron chi connectivity index (χ0n) is 8.79. The van der Waals surface area contributed by atoms with E-state index in [9.17, 15) is 0 Å². The number of piperidine rings is 1. The Morgan fingerprint density at radius 1 is 1.47 bits per heavy atom. The van der Waals surface area contributed by atoms with Crippen molar-refractivity contribution in [3.05, 3.63) is 22.4 Å². The van der Waals surface area contributed by atoms with Gasteiger partial charge in [0, 0.05) is 12.1 Å². The highest BCUT2D eigenvalue weighted by atomic mass is 79.9. The fraction of sp³-hybridized carbons (Fsp3) is 0.545. The predicted octanol–water partition coefficient (Wildman–Crippen LogP) is 2.32. The van der Waals surface area contributed by atoms with Crippen molar-refractivity contribution in [1.82, 2.24) is 10.3 Å². The number of halogens is 1. The third-order valence-corrected chi connectivity index (χ3v) is 3.62. The fourth-order valence-electron chi connectivity index (χ4n) is 1.98. The van der Waals surface area contributed by atoms with Crippen LogP contribution in [0.4, 0.5) is 0 Å². The Morgan fingerprint density at radius 3 is 2.87 bits per heavy atom. The minimum absolute atomic E-state index is 0.552. The van der Waals surface area contributed by atoms with Crippen molar-refractivity contribution in [2.24, 2.45) is 0 Å². The number of pyridine rings is 1. The maximum atomic E-state index is 5.27. The molecule has 15 heavy (non-hydrogen) atoms. The molecule has 4 heteroatoms. The molecule has 1 aliphatic rings. The molecule has 0 aromatic carbocycles. The summed E-state index contributed by atoms with van der Waals surface area (Å²) in [6.07, 6.45) is 4.12. The molecule has 0 atom stereocenters. The predicted molar refractivity (Wildman–Crippen MR) is 63.3 cm³/mol. The summed E-state index contributed by atoms with van der Waals surface area (Å²) >= 11 is 3.57. The first-order chi connectivity index (χ1) is 7.33. The van der Waals surface area contributed by atoms with Gasteiger partial charge in [-0.25, -0.2) is 0 Å². The first-order valence-corrected chi connectivity index (χ1v) is 6.01. The number of rotatable bonds is 2. The van der Waals surface area contributed by atoms with Crippen LogP contribution in [0.3, 0.4) is 0 Å². The molecule has 0 spiro atoms. The smallest absolute Gasteiger partial charge is 0.136 e. The third kappa shape index (κ3) is 2.32. The molecule has 0 aliphatic carbocycles. The number of methoxy groups -OCH3 is 1. The highest BCUT2D eigenvalue weighted by Crippen LogP contribution is 2.34. The van der Waals surface area contributed by atoms with Crippen LogP contribution in [0, 0.1) is 0 Å². The second kappa shape index (κ2) is 4.94. The summed E-state index contributed by atoms with van der Waals surface area (Å²) in [5, 5.41) is 3.36. The number of hydrogen-bond donors (Lipinski definition) is 1. The number of hydrogen-bond acceptors (Lipinski definition) is 3. The van der Waals surface area contributed by atoms with Crippen LogP contribution in [0.2, 0.25) is 0 Å². The monoisotopic (exact) mass is 270 g/mol. The van der Waals surface area contributed by atoms with E-state index in [-0.39, 0.29) is 0 Å². The zero-order chi connectivity index (χ0) is 10.7. The number of aromatic nitrogens is 1. The lowest BCUT2D eigenvalue weighted by molar-refractivity contribution is 0.405. The lowest BCUT2D eigenvalue weighted by Gasteiger charge is -2.23. The minimum atomic E-state index is 0.552. The second-order valence-corrected chi connectivity index (χ2v) is 4.53. The van der Waals surface area contributed by atoms with Crippen LogP contribution in [0.5, 0.6) is 5.75 Å². The molecular weight excluding hydrogens is 256 g/mol. The van der Waals surface area contributed by atoms with Crippen molar-refractivity contribution < 1.29 is 4.74 Å². The van der Waals surface area contributed by atoms with Crippen LogP contribution in [-0.4, -0.2) is 25.2 Å². The molecule has 1 fully saturated rings. The minimum Gasteiger partial charge on any atom is -0.495 e. The summed E-state index contributed by atoms with van der Waals surface area (Å²) in [6, 6.07) is 1.88. The van der Waals surface area contributed by atoms with Crippen molar-refractivity contribution in [3.63, 3.8) is 0 Å². The molecule has 1 N–H and O–H groups in total. The number of ether oxygens (including phenoxy) is 1. The van der Waals surface area contributed by atoms with Gasteiger partial charge in [-0.05, 0) is 47.9 Å². The highest BCUT2D eigenvalue weighted by molar-refractivity contribution is 9.10. The van der Waals surface area contributed by atoms with Gasteiger partial charge in [0.1, 0.15) is 5.75 Å². The molecule has 1 aromatic heterocycles. The average Bonchev–Trinajstić information content (AvgIpc) is 2.30. The van der Waals surface area contributed by atoms with Crippen LogP contribution in [0.15, 0.2) is 16.7 Å². The molecule has 82 valence electrons. The standard InChI is InChI=1S/C11H15BrN2O/c1-15-9-4-7-14-11(10(9)12)8-2-5-13-6-3-8/h4,7-8,13H,2-3,5-6H2,1H3. The van der Waals surface area contributed by atoms with Gasteiger partial charge in [-0.3, -0.25) is 4.98 Å². The van der Waals surface area contributed by atoms with Gasteiger partial charge in [-0.15, -0.1) is 0 Å². The molecule has 3 nitrogen and oxygen atoms in total. The van der Waals surface area contributed by atoms with E-state index >= 15 is 0 Å². The van der Waals surface area contributed by atoms with Gasteiger partial charge in [0.15, 0.2) is 0 Å². The van der Waals surface area contributed by atoms with Crippen LogP contribution in [0.25, 0.3) is 0 Å². The fourth-order valence-corrected chi connectivity index (χ4v) is 2.70. The van der Waals surface area contributed by atoms with Gasteiger partial charge in [0.05, 0.1) is 17.3 Å². The lowest BCUT2D eigenvalue weighted by atomic mass is 9.94. The van der Waals surface area contributed by atoms with Crippen molar-refractivity contribution in [1.29, 1.82) is 0 Å². The molecule has 2 rings (SSSR count). The summed E-state index contributed by atoms with van der Waals surface area (Å²) in [7, 11) is 1.69. The number of nitrogens with one attached hydrogen (secondary N) is 1. The van der Waals surface area contributed by atoms with Crippen LogP contribution < -0.4 is 10.1 Å². The highest BCUT2D eigenvalue weighted by Gasteiger charge is 2.20. The molecule has 0 radical (unpaired) electrons. The summed E-state index contributed by atoms with van der Waals surface area (Å²) < 4.78 is 6.29. The van der Waals surface area contributed by atoms with Crippen molar-refractivity contribution >= 4 is 15.9 Å². The quantitative estimate of drug-likeness (QED) is 0.896. The van der Waals surface area contributed by atoms with E-state index in [1.807, 2.05) is 12.3 Å². The zero-order valence-corrected chi connectivity index (χ0v) is 10.4. The normalized spacial score (nSPS) is 17.7. The van der Waals surface area contributed by atoms with Crippen molar-refractivity contribution in [2.45, 2.75) is 18.8 Å². The van der Waals surface area contributed by atoms with Gasteiger partial charge >= 0.3 is 0 Å². The molecule has 0 amide bonds. The summed E-state index contributed by atoms with van der Waals surface area (Å²) in [5.41, 5.74) is 1.14. The third-order valence-electron chi connectivity index (χ3n) is 2.83. The molecule has 0 bridgehead atoms. The van der Waals surface area contributed by atoms with E-state index < -0.39 is 0 Å². The van der Waals surface area contributed by atoms with Gasteiger partial charge in [0.2, 0.25) is 0 Å². The molecule has 1 saturated heterocycles. The SMILES string of the molecule is COc1ccnc(C2CCNCC2)c1Br. The van der Waals surface area contributed by atoms with Gasteiger partial charge in [-0.2, -0.15) is 0 Å². The van der Waals surface area contributed by atoms with Gasteiger partial charge in [0.25, 0.3) is 0 Å². The summed E-state index contributed by atoms with van der Waals surface area (Å²) in [4.78, 5) is 4.46. The maximum absolute atomic E-state index is 5.27.